The minimum atomic E-state index is -1.93. The molecule has 0 fully saturated rings. The second kappa shape index (κ2) is 5.44. The van der Waals surface area contributed by atoms with Gasteiger partial charge >= 0.3 is 5.97 Å². The van der Waals surface area contributed by atoms with Crippen LogP contribution in [0.25, 0.3) is 0 Å². The number of nitriles is 1. The summed E-state index contributed by atoms with van der Waals surface area (Å²) in [4.78, 5) is 21.9. The molecular weight excluding hydrogens is 255 g/mol. The Hall–Kier alpha value is -2.49. The van der Waals surface area contributed by atoms with Gasteiger partial charge in [0.2, 0.25) is 0 Å². The van der Waals surface area contributed by atoms with Gasteiger partial charge in [0.15, 0.2) is 5.41 Å². The third kappa shape index (κ3) is 2.68. The number of hydrogen-bond donors (Lipinski definition) is 0. The fraction of sp³-hybridized carbons (Fsp3) is 0.333. The maximum Gasteiger partial charge on any atom is 0.331 e. The first-order chi connectivity index (χ1) is 8.86. The zero-order chi connectivity index (χ0) is 14.6. The molecule has 7 heteroatoms. The summed E-state index contributed by atoms with van der Waals surface area (Å²) in [7, 11) is 0. The molecule has 1 atom stereocenters. The number of benzene rings is 1. The number of halogens is 1. The number of carbonyl (C=O) groups is 1. The molecule has 0 saturated carbocycles. The first-order valence-corrected chi connectivity index (χ1v) is 5.39. The van der Waals surface area contributed by atoms with Crippen LogP contribution in [0.3, 0.4) is 0 Å². The Labute approximate surface area is 108 Å². The van der Waals surface area contributed by atoms with Gasteiger partial charge in [0.1, 0.15) is 5.82 Å². The second-order valence-corrected chi connectivity index (χ2v) is 3.88. The van der Waals surface area contributed by atoms with E-state index in [1.165, 1.54) is 6.92 Å². The summed E-state index contributed by atoms with van der Waals surface area (Å²) >= 11 is 0. The quantitative estimate of drug-likeness (QED) is 0.472. The molecule has 0 N–H and O–H groups in total. The summed E-state index contributed by atoms with van der Waals surface area (Å²) in [6.45, 7) is 2.71. The number of nitrogens with zero attached hydrogens (tertiary/aromatic N) is 2. The number of rotatable bonds is 4. The molecule has 0 aliphatic carbocycles. The van der Waals surface area contributed by atoms with E-state index in [-0.39, 0.29) is 12.2 Å². The molecule has 0 saturated heterocycles. The van der Waals surface area contributed by atoms with E-state index in [9.17, 15) is 19.3 Å². The minimum Gasteiger partial charge on any atom is -0.465 e. The predicted molar refractivity (Wildman–Crippen MR) is 62.7 cm³/mol. The van der Waals surface area contributed by atoms with E-state index in [4.69, 9.17) is 10.00 Å². The molecule has 1 aromatic rings. The molecule has 0 aliphatic rings. The van der Waals surface area contributed by atoms with Crippen LogP contribution in [0, 0.1) is 27.3 Å². The highest BCUT2D eigenvalue weighted by Crippen LogP contribution is 2.33. The zero-order valence-electron chi connectivity index (χ0n) is 10.3. The lowest BCUT2D eigenvalue weighted by Gasteiger charge is -2.19. The molecular formula is C12H11FN2O4. The average Bonchev–Trinajstić information content (AvgIpc) is 2.37. The van der Waals surface area contributed by atoms with Crippen LogP contribution in [0.15, 0.2) is 18.2 Å². The lowest BCUT2D eigenvalue weighted by molar-refractivity contribution is -0.385. The van der Waals surface area contributed by atoms with Crippen molar-refractivity contribution in [1.29, 1.82) is 5.26 Å². The third-order valence-corrected chi connectivity index (χ3v) is 2.60. The lowest BCUT2D eigenvalue weighted by atomic mass is 9.83. The van der Waals surface area contributed by atoms with Crippen molar-refractivity contribution in [2.75, 3.05) is 6.61 Å². The Bertz CT molecular complexity index is 567. The van der Waals surface area contributed by atoms with Gasteiger partial charge in [-0.05, 0) is 26.0 Å². The molecule has 0 aliphatic heterocycles. The third-order valence-electron chi connectivity index (χ3n) is 2.60. The molecule has 6 nitrogen and oxygen atoms in total. The molecule has 0 heterocycles. The number of nitro benzene ring substituents is 1. The highest BCUT2D eigenvalue weighted by Gasteiger charge is 2.42. The van der Waals surface area contributed by atoms with Crippen LogP contribution in [-0.2, 0) is 14.9 Å². The molecule has 0 bridgehead atoms. The lowest BCUT2D eigenvalue weighted by Crippen LogP contribution is -2.33. The summed E-state index contributed by atoms with van der Waals surface area (Å²) in [6.07, 6.45) is 0. The maximum atomic E-state index is 13.2. The molecule has 0 amide bonds. The van der Waals surface area contributed by atoms with Gasteiger partial charge in [-0.25, -0.2) is 9.18 Å². The van der Waals surface area contributed by atoms with Gasteiger partial charge in [0.05, 0.1) is 23.2 Å². The van der Waals surface area contributed by atoms with Crippen molar-refractivity contribution in [3.63, 3.8) is 0 Å². The van der Waals surface area contributed by atoms with Crippen molar-refractivity contribution in [3.05, 3.63) is 39.7 Å². The van der Waals surface area contributed by atoms with E-state index in [0.29, 0.717) is 0 Å². The summed E-state index contributed by atoms with van der Waals surface area (Å²) in [5, 5.41) is 20.0. The van der Waals surface area contributed by atoms with Gasteiger partial charge in [-0.3, -0.25) is 10.1 Å². The van der Waals surface area contributed by atoms with Crippen molar-refractivity contribution >= 4 is 11.7 Å². The number of nitro groups is 1. The van der Waals surface area contributed by atoms with Gasteiger partial charge < -0.3 is 4.74 Å². The van der Waals surface area contributed by atoms with Crippen LogP contribution in [0.4, 0.5) is 10.1 Å². The number of ether oxygens (including phenoxy) is 1. The summed E-state index contributed by atoms with van der Waals surface area (Å²) in [5.41, 5.74) is -2.75. The molecule has 1 aromatic carbocycles. The zero-order valence-corrected chi connectivity index (χ0v) is 10.3. The van der Waals surface area contributed by atoms with Gasteiger partial charge in [-0.15, -0.1) is 0 Å². The van der Waals surface area contributed by atoms with Crippen LogP contribution in [-0.4, -0.2) is 17.5 Å². The first-order valence-electron chi connectivity index (χ1n) is 5.39. The first kappa shape index (κ1) is 14.6. The molecule has 0 spiro atoms. The molecule has 19 heavy (non-hydrogen) atoms. The van der Waals surface area contributed by atoms with Gasteiger partial charge in [0.25, 0.3) is 5.69 Å². The Morgan fingerprint density at radius 1 is 1.63 bits per heavy atom. The van der Waals surface area contributed by atoms with Crippen LogP contribution >= 0.6 is 0 Å². The van der Waals surface area contributed by atoms with Crippen molar-refractivity contribution < 1.29 is 18.8 Å². The molecule has 1 unspecified atom stereocenters. The fourth-order valence-electron chi connectivity index (χ4n) is 1.56. The van der Waals surface area contributed by atoms with Gasteiger partial charge in [0, 0.05) is 6.07 Å². The van der Waals surface area contributed by atoms with Crippen molar-refractivity contribution in [3.8, 4) is 6.07 Å². The van der Waals surface area contributed by atoms with Crippen LogP contribution in [0.5, 0.6) is 0 Å². The van der Waals surface area contributed by atoms with Gasteiger partial charge in [-0.2, -0.15) is 5.26 Å². The molecule has 100 valence electrons. The highest BCUT2D eigenvalue weighted by molar-refractivity contribution is 5.87. The Balaban J connectivity index is 3.48. The smallest absolute Gasteiger partial charge is 0.331 e. The van der Waals surface area contributed by atoms with Crippen LogP contribution < -0.4 is 0 Å². The Kier molecular flexibility index (Phi) is 4.17. The monoisotopic (exact) mass is 266 g/mol. The predicted octanol–water partition coefficient (Wildman–Crippen LogP) is 2.08. The van der Waals surface area contributed by atoms with E-state index in [0.717, 1.165) is 25.1 Å². The Morgan fingerprint density at radius 3 is 2.74 bits per heavy atom. The SMILES string of the molecule is CCOC(=O)C(C)(C#N)c1cc(F)ccc1[N+](=O)[O-]. The topological polar surface area (TPSA) is 93.2 Å². The number of carbonyl (C=O) groups excluding carboxylic acids is 1. The van der Waals surface area contributed by atoms with E-state index in [1.54, 1.807) is 6.07 Å². The number of hydrogen-bond acceptors (Lipinski definition) is 5. The largest absolute Gasteiger partial charge is 0.465 e. The van der Waals surface area contributed by atoms with E-state index >= 15 is 0 Å². The minimum absolute atomic E-state index is 0.0131. The van der Waals surface area contributed by atoms with Gasteiger partial charge in [-0.1, -0.05) is 0 Å². The summed E-state index contributed by atoms with van der Waals surface area (Å²) in [6, 6.07) is 4.27. The average molecular weight is 266 g/mol. The standard InChI is InChI=1S/C12H11FN2O4/c1-3-19-11(16)12(2,7-14)9-6-8(13)4-5-10(9)15(17)18/h4-6H,3H2,1-2H3. The van der Waals surface area contributed by atoms with E-state index in [2.05, 4.69) is 0 Å². The van der Waals surface area contributed by atoms with Crippen LogP contribution in [0.2, 0.25) is 0 Å². The van der Waals surface area contributed by atoms with Crippen molar-refractivity contribution in [2.45, 2.75) is 19.3 Å². The Morgan fingerprint density at radius 2 is 2.26 bits per heavy atom. The van der Waals surface area contributed by atoms with E-state index < -0.39 is 27.8 Å². The van der Waals surface area contributed by atoms with Crippen LogP contribution in [0.1, 0.15) is 19.4 Å². The van der Waals surface area contributed by atoms with Crippen molar-refractivity contribution in [1.82, 2.24) is 0 Å². The number of esters is 1. The molecule has 0 radical (unpaired) electrons. The van der Waals surface area contributed by atoms with E-state index in [1.807, 2.05) is 0 Å². The van der Waals surface area contributed by atoms with Crippen molar-refractivity contribution in [2.24, 2.45) is 0 Å². The maximum absolute atomic E-state index is 13.2. The molecule has 1 rings (SSSR count). The molecule has 0 aromatic heterocycles. The normalized spacial score (nSPS) is 13.2. The fourth-order valence-corrected chi connectivity index (χ4v) is 1.56. The highest BCUT2D eigenvalue weighted by atomic mass is 19.1. The summed E-state index contributed by atoms with van der Waals surface area (Å²) in [5.74, 6) is -1.72. The second-order valence-electron chi connectivity index (χ2n) is 3.88. The summed E-state index contributed by atoms with van der Waals surface area (Å²) < 4.78 is 18.0.